The highest BCUT2D eigenvalue weighted by molar-refractivity contribution is 7.92. The number of sulfonamides is 1. The van der Waals surface area contributed by atoms with Crippen molar-refractivity contribution in [3.05, 3.63) is 46.6 Å². The fraction of sp³-hybridized carbons (Fsp3) is 0.500. The molecular weight excluding hydrogens is 580 g/mol. The van der Waals surface area contributed by atoms with Crippen LogP contribution in [-0.2, 0) is 14.8 Å². The van der Waals surface area contributed by atoms with Crippen molar-refractivity contribution in [1.82, 2.24) is 19.5 Å². The Morgan fingerprint density at radius 2 is 1.90 bits per heavy atom. The number of anilines is 3. The number of benzene rings is 1. The van der Waals surface area contributed by atoms with Gasteiger partial charge in [0.25, 0.3) is 5.91 Å². The highest BCUT2D eigenvalue weighted by atomic mass is 35.5. The second-order valence-electron chi connectivity index (χ2n) is 11.0. The Bertz CT molecular complexity index is 1650. The van der Waals surface area contributed by atoms with E-state index in [0.29, 0.717) is 56.5 Å². The molecule has 2 aromatic heterocycles. The summed E-state index contributed by atoms with van der Waals surface area (Å²) in [6, 6.07) is 10.6. The number of fused-ring (bicyclic) bond motifs is 1. The Hall–Kier alpha value is -3.60. The number of piperidine rings is 1. The molecule has 0 radical (unpaired) electrons. The molecule has 3 saturated heterocycles. The van der Waals surface area contributed by atoms with E-state index in [1.165, 1.54) is 12.1 Å². The van der Waals surface area contributed by atoms with Crippen LogP contribution in [0, 0.1) is 17.2 Å². The van der Waals surface area contributed by atoms with E-state index in [0.717, 1.165) is 49.4 Å². The lowest BCUT2D eigenvalue weighted by atomic mass is 9.98. The van der Waals surface area contributed by atoms with Gasteiger partial charge in [0.15, 0.2) is 5.65 Å². The summed E-state index contributed by atoms with van der Waals surface area (Å²) in [5, 5.41) is 14.8. The van der Waals surface area contributed by atoms with Crippen molar-refractivity contribution in [3.63, 3.8) is 0 Å². The standard InChI is InChI=1S/C28H33ClN8O4S/c1-42(39,40)33-22-6-5-20(29)14-21(22)28(38)36-8-3-2-4-24(36)23-15-26-31-25(35-9-7-19(17-30)18-35)16-27(37(26)32-23)34-10-12-41-13-11-34/h5-6,14-16,19,24,33H,2-4,7-13,18H2,1H3. The van der Waals surface area contributed by atoms with Crippen LogP contribution in [0.5, 0.6) is 0 Å². The van der Waals surface area contributed by atoms with E-state index >= 15 is 0 Å². The van der Waals surface area contributed by atoms with Gasteiger partial charge in [-0.2, -0.15) is 14.9 Å². The first kappa shape index (κ1) is 28.5. The van der Waals surface area contributed by atoms with Crippen LogP contribution in [0.3, 0.4) is 0 Å². The molecule has 0 aliphatic carbocycles. The lowest BCUT2D eigenvalue weighted by molar-refractivity contribution is 0.0607. The van der Waals surface area contributed by atoms with E-state index in [-0.39, 0.29) is 29.1 Å². The predicted molar refractivity (Wildman–Crippen MR) is 159 cm³/mol. The lowest BCUT2D eigenvalue weighted by Gasteiger charge is -2.35. The molecule has 1 N–H and O–H groups in total. The van der Waals surface area contributed by atoms with Crippen molar-refractivity contribution in [2.45, 2.75) is 31.7 Å². The van der Waals surface area contributed by atoms with Gasteiger partial charge in [-0.1, -0.05) is 11.6 Å². The number of nitrogens with one attached hydrogen (secondary N) is 1. The number of aromatic nitrogens is 3. The molecule has 12 nitrogen and oxygen atoms in total. The molecule has 0 spiro atoms. The maximum Gasteiger partial charge on any atom is 0.256 e. The molecule has 3 aromatic rings. The van der Waals surface area contributed by atoms with Crippen LogP contribution < -0.4 is 14.5 Å². The molecule has 6 rings (SSSR count). The number of morpholine rings is 1. The third kappa shape index (κ3) is 5.84. The van der Waals surface area contributed by atoms with Crippen molar-refractivity contribution in [1.29, 1.82) is 5.26 Å². The smallest absolute Gasteiger partial charge is 0.256 e. The Kier molecular flexibility index (Phi) is 7.87. The molecule has 42 heavy (non-hydrogen) atoms. The van der Waals surface area contributed by atoms with E-state index < -0.39 is 10.0 Å². The van der Waals surface area contributed by atoms with Gasteiger partial charge in [0, 0.05) is 49.9 Å². The molecule has 3 aliphatic heterocycles. The average molecular weight is 613 g/mol. The van der Waals surface area contributed by atoms with Gasteiger partial charge in [-0.25, -0.2) is 13.4 Å². The minimum Gasteiger partial charge on any atom is -0.378 e. The van der Waals surface area contributed by atoms with Gasteiger partial charge in [0.05, 0.1) is 54.4 Å². The molecule has 1 amide bonds. The third-order valence-corrected chi connectivity index (χ3v) is 8.88. The van der Waals surface area contributed by atoms with Gasteiger partial charge in [-0.15, -0.1) is 0 Å². The first-order chi connectivity index (χ1) is 20.2. The first-order valence-corrected chi connectivity index (χ1v) is 16.4. The molecular formula is C28H33ClN8O4S. The van der Waals surface area contributed by atoms with Crippen molar-refractivity contribution in [2.24, 2.45) is 5.92 Å². The average Bonchev–Trinajstić information content (AvgIpc) is 3.64. The molecule has 222 valence electrons. The molecule has 2 unspecified atom stereocenters. The van der Waals surface area contributed by atoms with Crippen molar-refractivity contribution < 1.29 is 17.9 Å². The summed E-state index contributed by atoms with van der Waals surface area (Å²) in [6.45, 7) is 4.56. The Labute approximate surface area is 249 Å². The largest absolute Gasteiger partial charge is 0.378 e. The predicted octanol–water partition coefficient (Wildman–Crippen LogP) is 3.31. The summed E-state index contributed by atoms with van der Waals surface area (Å²) in [5.74, 6) is 1.37. The number of amides is 1. The highest BCUT2D eigenvalue weighted by Crippen LogP contribution is 2.35. The Balaban J connectivity index is 1.39. The maximum absolute atomic E-state index is 14.0. The van der Waals surface area contributed by atoms with Gasteiger partial charge in [0.1, 0.15) is 11.6 Å². The maximum atomic E-state index is 14.0. The van der Waals surface area contributed by atoms with Gasteiger partial charge >= 0.3 is 0 Å². The summed E-state index contributed by atoms with van der Waals surface area (Å²) in [5.41, 5.74) is 1.77. The minimum absolute atomic E-state index is 0.0225. The second-order valence-corrected chi connectivity index (χ2v) is 13.2. The van der Waals surface area contributed by atoms with E-state index in [4.69, 9.17) is 26.4 Å². The quantitative estimate of drug-likeness (QED) is 0.444. The Morgan fingerprint density at radius 1 is 1.10 bits per heavy atom. The van der Waals surface area contributed by atoms with Crippen LogP contribution in [0.4, 0.5) is 17.3 Å². The number of likely N-dealkylation sites (tertiary alicyclic amines) is 1. The Morgan fingerprint density at radius 3 is 2.64 bits per heavy atom. The normalized spacial score (nSPS) is 21.5. The monoisotopic (exact) mass is 612 g/mol. The molecule has 0 saturated carbocycles. The number of hydrogen-bond acceptors (Lipinski definition) is 9. The number of hydrogen-bond donors (Lipinski definition) is 1. The van der Waals surface area contributed by atoms with Gasteiger partial charge in [-0.3, -0.25) is 9.52 Å². The van der Waals surface area contributed by atoms with Crippen LogP contribution in [-0.4, -0.2) is 86.0 Å². The van der Waals surface area contributed by atoms with Crippen LogP contribution >= 0.6 is 11.6 Å². The molecule has 14 heteroatoms. The van der Waals surface area contributed by atoms with E-state index in [9.17, 15) is 18.5 Å². The topological polar surface area (TPSA) is 136 Å². The number of ether oxygens (including phenoxy) is 1. The number of nitrogens with zero attached hydrogens (tertiary/aromatic N) is 7. The number of carbonyl (C=O) groups excluding carboxylic acids is 1. The summed E-state index contributed by atoms with van der Waals surface area (Å²) >= 11 is 6.25. The molecule has 5 heterocycles. The lowest BCUT2D eigenvalue weighted by Crippen LogP contribution is -2.39. The highest BCUT2D eigenvalue weighted by Gasteiger charge is 2.33. The summed E-state index contributed by atoms with van der Waals surface area (Å²) < 4.78 is 33.9. The number of carbonyl (C=O) groups is 1. The molecule has 3 aliphatic rings. The fourth-order valence-corrected chi connectivity index (χ4v) is 6.75. The molecule has 0 bridgehead atoms. The minimum atomic E-state index is -3.61. The van der Waals surface area contributed by atoms with E-state index in [1.807, 2.05) is 16.6 Å². The fourth-order valence-electron chi connectivity index (χ4n) is 6.00. The van der Waals surface area contributed by atoms with Crippen LogP contribution in [0.25, 0.3) is 5.65 Å². The molecule has 2 atom stereocenters. The van der Waals surface area contributed by atoms with Crippen molar-refractivity contribution in [2.75, 3.05) is 66.7 Å². The van der Waals surface area contributed by atoms with E-state index in [2.05, 4.69) is 20.6 Å². The number of halogens is 1. The van der Waals surface area contributed by atoms with Crippen molar-refractivity contribution in [3.8, 4) is 6.07 Å². The summed E-state index contributed by atoms with van der Waals surface area (Å²) in [6.07, 6.45) is 4.30. The van der Waals surface area contributed by atoms with Gasteiger partial charge in [0.2, 0.25) is 10.0 Å². The first-order valence-electron chi connectivity index (χ1n) is 14.2. The number of rotatable bonds is 6. The van der Waals surface area contributed by atoms with Gasteiger partial charge < -0.3 is 19.4 Å². The second kappa shape index (κ2) is 11.6. The third-order valence-electron chi connectivity index (χ3n) is 8.06. The molecule has 3 fully saturated rings. The zero-order valence-electron chi connectivity index (χ0n) is 23.4. The molecule has 1 aromatic carbocycles. The van der Waals surface area contributed by atoms with E-state index in [1.54, 1.807) is 11.0 Å². The van der Waals surface area contributed by atoms with Gasteiger partial charge in [-0.05, 0) is 43.9 Å². The SMILES string of the molecule is CS(=O)(=O)Nc1ccc(Cl)cc1C(=O)N1CCCCC1c1cc2nc(N3CCC(C#N)C3)cc(N3CCOCC3)n2n1. The zero-order chi connectivity index (χ0) is 29.4. The van der Waals surface area contributed by atoms with Crippen LogP contribution in [0.1, 0.15) is 47.8 Å². The summed E-state index contributed by atoms with van der Waals surface area (Å²) in [7, 11) is -3.61. The number of nitriles is 1. The summed E-state index contributed by atoms with van der Waals surface area (Å²) in [4.78, 5) is 25.1. The zero-order valence-corrected chi connectivity index (χ0v) is 24.9. The van der Waals surface area contributed by atoms with Crippen LogP contribution in [0.2, 0.25) is 5.02 Å². The van der Waals surface area contributed by atoms with Crippen molar-refractivity contribution >= 4 is 50.5 Å². The van der Waals surface area contributed by atoms with Crippen LogP contribution in [0.15, 0.2) is 30.3 Å².